The van der Waals surface area contributed by atoms with Gasteiger partial charge in [-0.1, -0.05) is 23.7 Å². The highest BCUT2D eigenvalue weighted by Crippen LogP contribution is 2.31. The van der Waals surface area contributed by atoms with Gasteiger partial charge in [0.05, 0.1) is 34.6 Å². The molecule has 0 aliphatic carbocycles. The van der Waals surface area contributed by atoms with E-state index in [0.717, 1.165) is 37.4 Å². The Labute approximate surface area is 176 Å². The van der Waals surface area contributed by atoms with Crippen molar-refractivity contribution in [1.82, 2.24) is 4.90 Å². The summed E-state index contributed by atoms with van der Waals surface area (Å²) in [6.45, 7) is 5.77. The summed E-state index contributed by atoms with van der Waals surface area (Å²) in [5.74, 6) is 0.643. The van der Waals surface area contributed by atoms with Crippen molar-refractivity contribution in [2.45, 2.75) is 12.5 Å². The zero-order chi connectivity index (χ0) is 20.9. The molecular formula is C22H26ClN3O3. The van der Waals surface area contributed by atoms with Crippen molar-refractivity contribution in [3.05, 3.63) is 58.6 Å². The molecule has 1 heterocycles. The summed E-state index contributed by atoms with van der Waals surface area (Å²) in [5, 5.41) is 29.4. The van der Waals surface area contributed by atoms with Crippen LogP contribution in [0.4, 0.5) is 5.69 Å². The smallest absolute Gasteiger partial charge is 0.121 e. The molecule has 1 saturated heterocycles. The van der Waals surface area contributed by atoms with Gasteiger partial charge >= 0.3 is 0 Å². The van der Waals surface area contributed by atoms with Crippen molar-refractivity contribution in [3.8, 4) is 11.8 Å². The molecule has 1 fully saturated rings. The van der Waals surface area contributed by atoms with Crippen LogP contribution in [0.15, 0.2) is 42.5 Å². The summed E-state index contributed by atoms with van der Waals surface area (Å²) in [4.78, 5) is 4.46. The number of ether oxygens (including phenoxy) is 1. The van der Waals surface area contributed by atoms with Gasteiger partial charge in [-0.25, -0.2) is 0 Å². The number of hydrogen-bond donors (Lipinski definition) is 2. The number of piperazine rings is 1. The molecule has 1 aliphatic rings. The molecule has 0 spiro atoms. The number of aliphatic hydroxyl groups excluding tert-OH is 1. The maximum absolute atomic E-state index is 10.9. The lowest BCUT2D eigenvalue weighted by molar-refractivity contribution is 0.0143. The highest BCUT2D eigenvalue weighted by Gasteiger charge is 2.28. The van der Waals surface area contributed by atoms with Crippen LogP contribution in [-0.4, -0.2) is 61.1 Å². The van der Waals surface area contributed by atoms with E-state index in [-0.39, 0.29) is 13.2 Å². The van der Waals surface area contributed by atoms with Crippen molar-refractivity contribution in [3.63, 3.8) is 0 Å². The second-order valence-electron chi connectivity index (χ2n) is 7.41. The van der Waals surface area contributed by atoms with Crippen molar-refractivity contribution in [2.75, 3.05) is 50.8 Å². The van der Waals surface area contributed by atoms with E-state index in [1.807, 2.05) is 31.2 Å². The third-order valence-corrected chi connectivity index (χ3v) is 5.46. The first-order valence-corrected chi connectivity index (χ1v) is 10.0. The number of nitriles is 1. The second-order valence-corrected chi connectivity index (χ2v) is 7.82. The summed E-state index contributed by atoms with van der Waals surface area (Å²) < 4.78 is 5.40. The molecule has 7 heteroatoms. The van der Waals surface area contributed by atoms with E-state index in [1.54, 1.807) is 18.2 Å². The van der Waals surface area contributed by atoms with Gasteiger partial charge < -0.3 is 19.8 Å². The van der Waals surface area contributed by atoms with Crippen LogP contribution in [0, 0.1) is 11.3 Å². The van der Waals surface area contributed by atoms with E-state index >= 15 is 0 Å². The van der Waals surface area contributed by atoms with Gasteiger partial charge in [-0.15, -0.1) is 0 Å². The molecule has 3 rings (SSSR count). The minimum Gasteiger partial charge on any atom is -0.491 e. The number of nitrogens with zero attached hydrogens (tertiary/aromatic N) is 3. The number of hydrogen-bond acceptors (Lipinski definition) is 6. The Bertz CT molecular complexity index is 857. The standard InChI is InChI=1S/C22H26ClN3O3/c1-22(28,18-4-2-17(15-24)3-5-18)16-25-8-10-26(11-9-25)21-7-6-19(14-20(21)23)29-13-12-27/h2-7,14,27-28H,8-13,16H2,1H3/t22-/m1/s1. The quantitative estimate of drug-likeness (QED) is 0.723. The molecule has 0 unspecified atom stereocenters. The van der Waals surface area contributed by atoms with Crippen LogP contribution in [0.3, 0.4) is 0 Å². The largest absolute Gasteiger partial charge is 0.491 e. The molecule has 2 N–H and O–H groups in total. The fourth-order valence-electron chi connectivity index (χ4n) is 3.57. The fourth-order valence-corrected chi connectivity index (χ4v) is 3.86. The lowest BCUT2D eigenvalue weighted by Gasteiger charge is -2.39. The summed E-state index contributed by atoms with van der Waals surface area (Å²) >= 11 is 6.43. The van der Waals surface area contributed by atoms with Crippen LogP contribution < -0.4 is 9.64 Å². The van der Waals surface area contributed by atoms with E-state index in [9.17, 15) is 5.11 Å². The van der Waals surface area contributed by atoms with E-state index in [4.69, 9.17) is 26.7 Å². The van der Waals surface area contributed by atoms with E-state index in [2.05, 4.69) is 15.9 Å². The van der Waals surface area contributed by atoms with Crippen LogP contribution in [-0.2, 0) is 5.60 Å². The highest BCUT2D eigenvalue weighted by molar-refractivity contribution is 6.33. The molecule has 1 atom stereocenters. The minimum absolute atomic E-state index is 0.0342. The fraction of sp³-hybridized carbons (Fsp3) is 0.409. The first-order valence-electron chi connectivity index (χ1n) is 9.66. The first kappa shape index (κ1) is 21.4. The Morgan fingerprint density at radius 3 is 2.41 bits per heavy atom. The SMILES string of the molecule is C[C@@](O)(CN1CCN(c2ccc(OCCO)cc2Cl)CC1)c1ccc(C#N)cc1. The maximum Gasteiger partial charge on any atom is 0.121 e. The van der Waals surface area contributed by atoms with Gasteiger partial charge in [0.1, 0.15) is 12.4 Å². The third kappa shape index (κ3) is 5.40. The molecule has 1 aliphatic heterocycles. The molecule has 0 saturated carbocycles. The molecule has 29 heavy (non-hydrogen) atoms. The van der Waals surface area contributed by atoms with Crippen molar-refractivity contribution >= 4 is 17.3 Å². The number of β-amino-alcohol motifs (C(OH)–C–C–N with tert-alkyl or cyclic N) is 1. The Morgan fingerprint density at radius 1 is 1.14 bits per heavy atom. The molecule has 6 nitrogen and oxygen atoms in total. The van der Waals surface area contributed by atoms with Crippen molar-refractivity contribution in [1.29, 1.82) is 5.26 Å². The number of rotatable bonds is 7. The molecule has 0 aromatic heterocycles. The monoisotopic (exact) mass is 415 g/mol. The zero-order valence-electron chi connectivity index (χ0n) is 16.5. The minimum atomic E-state index is -0.987. The number of halogens is 1. The second kappa shape index (κ2) is 9.47. The Morgan fingerprint density at radius 2 is 1.83 bits per heavy atom. The van der Waals surface area contributed by atoms with Crippen LogP contribution in [0.1, 0.15) is 18.1 Å². The summed E-state index contributed by atoms with van der Waals surface area (Å²) in [5.41, 5.74) is 1.37. The molecular weight excluding hydrogens is 390 g/mol. The molecule has 154 valence electrons. The third-order valence-electron chi connectivity index (χ3n) is 5.16. The van der Waals surface area contributed by atoms with Crippen molar-refractivity contribution < 1.29 is 14.9 Å². The summed E-state index contributed by atoms with van der Waals surface area (Å²) in [7, 11) is 0. The summed E-state index contributed by atoms with van der Waals surface area (Å²) in [6, 6.07) is 14.8. The van der Waals surface area contributed by atoms with Crippen LogP contribution >= 0.6 is 11.6 Å². The Balaban J connectivity index is 1.58. The molecule has 0 bridgehead atoms. The van der Waals surface area contributed by atoms with Crippen LogP contribution in [0.25, 0.3) is 0 Å². The molecule has 2 aromatic carbocycles. The molecule has 0 radical (unpaired) electrons. The average Bonchev–Trinajstić information content (AvgIpc) is 2.73. The predicted octanol–water partition coefficient (Wildman–Crippen LogP) is 2.61. The number of anilines is 1. The lowest BCUT2D eigenvalue weighted by atomic mass is 9.94. The zero-order valence-corrected chi connectivity index (χ0v) is 17.3. The van der Waals surface area contributed by atoms with Gasteiger partial charge in [-0.05, 0) is 36.8 Å². The van der Waals surface area contributed by atoms with Crippen LogP contribution in [0.2, 0.25) is 5.02 Å². The summed E-state index contributed by atoms with van der Waals surface area (Å²) in [6.07, 6.45) is 0. The topological polar surface area (TPSA) is 80.0 Å². The van der Waals surface area contributed by atoms with Gasteiger partial charge in [0.15, 0.2) is 0 Å². The van der Waals surface area contributed by atoms with Crippen LogP contribution in [0.5, 0.6) is 5.75 Å². The number of benzene rings is 2. The number of aliphatic hydroxyl groups is 2. The maximum atomic E-state index is 10.9. The first-order chi connectivity index (χ1) is 13.9. The van der Waals surface area contributed by atoms with Gasteiger partial charge in [-0.2, -0.15) is 5.26 Å². The molecule has 2 aromatic rings. The Kier molecular flexibility index (Phi) is 6.99. The van der Waals surface area contributed by atoms with E-state index in [1.165, 1.54) is 0 Å². The van der Waals surface area contributed by atoms with Crippen molar-refractivity contribution in [2.24, 2.45) is 0 Å². The van der Waals surface area contributed by atoms with E-state index in [0.29, 0.717) is 22.9 Å². The van der Waals surface area contributed by atoms with Gasteiger partial charge in [-0.3, -0.25) is 4.90 Å². The molecule has 0 amide bonds. The highest BCUT2D eigenvalue weighted by atomic mass is 35.5. The average molecular weight is 416 g/mol. The van der Waals surface area contributed by atoms with Gasteiger partial charge in [0.25, 0.3) is 0 Å². The van der Waals surface area contributed by atoms with Gasteiger partial charge in [0.2, 0.25) is 0 Å². The Hall–Kier alpha value is -2.30. The normalized spacial score (nSPS) is 16.9. The van der Waals surface area contributed by atoms with Gasteiger partial charge in [0, 0.05) is 38.8 Å². The lowest BCUT2D eigenvalue weighted by Crippen LogP contribution is -2.50. The van der Waals surface area contributed by atoms with E-state index < -0.39 is 5.60 Å². The predicted molar refractivity (Wildman–Crippen MR) is 113 cm³/mol.